The van der Waals surface area contributed by atoms with Crippen molar-refractivity contribution < 1.29 is 0 Å². The molecule has 3 heteroatoms. The van der Waals surface area contributed by atoms with Crippen LogP contribution in [0.25, 0.3) is 11.1 Å². The Kier molecular flexibility index (Phi) is 2.80. The molecule has 17 heavy (non-hydrogen) atoms. The highest BCUT2D eigenvalue weighted by Crippen LogP contribution is 2.27. The Morgan fingerprint density at radius 2 is 1.82 bits per heavy atom. The highest BCUT2D eigenvalue weighted by Gasteiger charge is 2.10. The van der Waals surface area contributed by atoms with E-state index < -0.39 is 0 Å². The number of hydrogen-bond acceptors (Lipinski definition) is 3. The first-order valence-electron chi connectivity index (χ1n) is 5.36. The number of pyridine rings is 1. The monoisotopic (exact) mass is 223 g/mol. The van der Waals surface area contributed by atoms with E-state index >= 15 is 0 Å². The maximum absolute atomic E-state index is 9.14. The molecule has 0 saturated heterocycles. The summed E-state index contributed by atoms with van der Waals surface area (Å²) in [6.45, 7) is 3.90. The number of aromatic nitrogens is 1. The van der Waals surface area contributed by atoms with Crippen LogP contribution >= 0.6 is 0 Å². The van der Waals surface area contributed by atoms with Crippen LogP contribution in [-0.4, -0.2) is 4.98 Å². The molecule has 2 aromatic rings. The highest BCUT2D eigenvalue weighted by atomic mass is 14.8. The number of nitriles is 1. The van der Waals surface area contributed by atoms with E-state index in [2.05, 4.69) is 11.1 Å². The average molecular weight is 223 g/mol. The number of rotatable bonds is 1. The lowest BCUT2D eigenvalue weighted by molar-refractivity contribution is 1.20. The predicted octanol–water partition coefficient (Wildman–Crippen LogP) is 2.82. The summed E-state index contributed by atoms with van der Waals surface area (Å²) in [4.78, 5) is 4.10. The molecule has 0 aliphatic rings. The Hall–Kier alpha value is -2.34. The first-order valence-corrected chi connectivity index (χ1v) is 5.36. The SMILES string of the molecule is Cc1ccc(-c2cc(C)nc(N)c2C#N)cc1. The molecule has 3 nitrogen and oxygen atoms in total. The van der Waals surface area contributed by atoms with Crippen molar-refractivity contribution in [1.29, 1.82) is 5.26 Å². The van der Waals surface area contributed by atoms with Gasteiger partial charge in [0.15, 0.2) is 0 Å². The van der Waals surface area contributed by atoms with Crippen LogP contribution in [0.5, 0.6) is 0 Å². The van der Waals surface area contributed by atoms with Gasteiger partial charge in [-0.15, -0.1) is 0 Å². The lowest BCUT2D eigenvalue weighted by atomic mass is 9.99. The van der Waals surface area contributed by atoms with Crippen molar-refractivity contribution in [2.24, 2.45) is 0 Å². The van der Waals surface area contributed by atoms with Gasteiger partial charge in [-0.1, -0.05) is 29.8 Å². The van der Waals surface area contributed by atoms with Crippen LogP contribution in [0, 0.1) is 25.2 Å². The zero-order valence-electron chi connectivity index (χ0n) is 9.86. The van der Waals surface area contributed by atoms with E-state index in [4.69, 9.17) is 11.0 Å². The number of anilines is 1. The molecule has 84 valence electrons. The van der Waals surface area contributed by atoms with Crippen LogP contribution in [0.3, 0.4) is 0 Å². The van der Waals surface area contributed by atoms with E-state index in [1.165, 1.54) is 5.56 Å². The second-order valence-electron chi connectivity index (χ2n) is 4.05. The van der Waals surface area contributed by atoms with E-state index in [9.17, 15) is 0 Å². The molecule has 2 rings (SSSR count). The summed E-state index contributed by atoms with van der Waals surface area (Å²) in [5, 5.41) is 9.14. The van der Waals surface area contributed by atoms with Gasteiger partial charge in [0.25, 0.3) is 0 Å². The number of benzene rings is 1. The molecule has 0 spiro atoms. The van der Waals surface area contributed by atoms with Crippen molar-refractivity contribution in [3.8, 4) is 17.2 Å². The number of hydrogen-bond donors (Lipinski definition) is 1. The van der Waals surface area contributed by atoms with Crippen molar-refractivity contribution in [2.45, 2.75) is 13.8 Å². The average Bonchev–Trinajstić information content (AvgIpc) is 2.29. The van der Waals surface area contributed by atoms with E-state index in [1.807, 2.05) is 44.2 Å². The van der Waals surface area contributed by atoms with Crippen molar-refractivity contribution in [3.63, 3.8) is 0 Å². The molecule has 0 aliphatic carbocycles. The van der Waals surface area contributed by atoms with Gasteiger partial charge >= 0.3 is 0 Å². The van der Waals surface area contributed by atoms with E-state index in [1.54, 1.807) is 0 Å². The van der Waals surface area contributed by atoms with Gasteiger partial charge in [0.2, 0.25) is 0 Å². The zero-order valence-corrected chi connectivity index (χ0v) is 9.86. The first-order chi connectivity index (χ1) is 8.11. The van der Waals surface area contributed by atoms with Crippen molar-refractivity contribution >= 4 is 5.82 Å². The van der Waals surface area contributed by atoms with Gasteiger partial charge in [0.1, 0.15) is 17.5 Å². The minimum Gasteiger partial charge on any atom is -0.383 e. The number of nitrogens with two attached hydrogens (primary N) is 1. The summed E-state index contributed by atoms with van der Waals surface area (Å²) in [5.41, 5.74) is 10.0. The molecule has 0 atom stereocenters. The first kappa shape index (κ1) is 11.2. The fraction of sp³-hybridized carbons (Fsp3) is 0.143. The Morgan fingerprint density at radius 3 is 2.41 bits per heavy atom. The fourth-order valence-electron chi connectivity index (χ4n) is 1.78. The second kappa shape index (κ2) is 4.26. The van der Waals surface area contributed by atoms with Crippen LogP contribution in [0.2, 0.25) is 0 Å². The second-order valence-corrected chi connectivity index (χ2v) is 4.05. The van der Waals surface area contributed by atoms with Crippen LogP contribution in [0.1, 0.15) is 16.8 Å². The largest absolute Gasteiger partial charge is 0.383 e. The molecule has 0 unspecified atom stereocenters. The van der Waals surface area contributed by atoms with Gasteiger partial charge in [0, 0.05) is 11.3 Å². The third-order valence-corrected chi connectivity index (χ3v) is 2.65. The molecule has 1 aromatic carbocycles. The van der Waals surface area contributed by atoms with Crippen molar-refractivity contribution in [2.75, 3.05) is 5.73 Å². The quantitative estimate of drug-likeness (QED) is 0.808. The molecule has 0 amide bonds. The third-order valence-electron chi connectivity index (χ3n) is 2.65. The molecule has 0 fully saturated rings. The maximum atomic E-state index is 9.14. The maximum Gasteiger partial charge on any atom is 0.142 e. The van der Waals surface area contributed by atoms with Crippen molar-refractivity contribution in [3.05, 3.63) is 47.2 Å². The summed E-state index contributed by atoms with van der Waals surface area (Å²) in [5.74, 6) is 0.295. The predicted molar refractivity (Wildman–Crippen MR) is 68.3 cm³/mol. The van der Waals surface area contributed by atoms with Gasteiger partial charge in [-0.2, -0.15) is 5.26 Å². The molecule has 0 saturated carbocycles. The van der Waals surface area contributed by atoms with Gasteiger partial charge in [0.05, 0.1) is 0 Å². The summed E-state index contributed by atoms with van der Waals surface area (Å²) in [6, 6.07) is 12.0. The van der Waals surface area contributed by atoms with Crippen molar-refractivity contribution in [1.82, 2.24) is 4.98 Å². The van der Waals surface area contributed by atoms with Crippen LogP contribution in [0.4, 0.5) is 5.82 Å². The summed E-state index contributed by atoms with van der Waals surface area (Å²) in [7, 11) is 0. The normalized spacial score (nSPS) is 9.94. The van der Waals surface area contributed by atoms with E-state index in [-0.39, 0.29) is 0 Å². The number of nitrogens with zero attached hydrogens (tertiary/aromatic N) is 2. The summed E-state index contributed by atoms with van der Waals surface area (Å²) >= 11 is 0. The minimum atomic E-state index is 0.295. The molecular weight excluding hydrogens is 210 g/mol. The molecule has 1 heterocycles. The molecule has 0 aliphatic heterocycles. The third kappa shape index (κ3) is 2.11. The Bertz CT molecular complexity index is 592. The minimum absolute atomic E-state index is 0.295. The van der Waals surface area contributed by atoms with E-state index in [0.717, 1.165) is 16.8 Å². The summed E-state index contributed by atoms with van der Waals surface area (Å²) < 4.78 is 0. The lowest BCUT2D eigenvalue weighted by Gasteiger charge is -2.08. The number of aryl methyl sites for hydroxylation is 2. The molecule has 0 bridgehead atoms. The van der Waals surface area contributed by atoms with Gasteiger partial charge < -0.3 is 5.73 Å². The van der Waals surface area contributed by atoms with Gasteiger partial charge in [-0.3, -0.25) is 0 Å². The smallest absolute Gasteiger partial charge is 0.142 e. The van der Waals surface area contributed by atoms with Crippen LogP contribution < -0.4 is 5.73 Å². The van der Waals surface area contributed by atoms with E-state index in [0.29, 0.717) is 11.4 Å². The topological polar surface area (TPSA) is 62.7 Å². The standard InChI is InChI=1S/C14H13N3/c1-9-3-5-11(6-4-9)12-7-10(2)17-14(16)13(12)8-15/h3-7H,1-2H3,(H2,16,17). The number of nitrogen functional groups attached to an aromatic ring is 1. The zero-order chi connectivity index (χ0) is 12.4. The van der Waals surface area contributed by atoms with Crippen LogP contribution in [0.15, 0.2) is 30.3 Å². The lowest BCUT2D eigenvalue weighted by Crippen LogP contribution is -1.99. The molecule has 1 aromatic heterocycles. The Balaban J connectivity index is 2.66. The molecule has 0 radical (unpaired) electrons. The Labute approximate surface area is 101 Å². The molecule has 2 N–H and O–H groups in total. The van der Waals surface area contributed by atoms with Gasteiger partial charge in [-0.05, 0) is 25.5 Å². The van der Waals surface area contributed by atoms with Crippen LogP contribution in [-0.2, 0) is 0 Å². The molecular formula is C14H13N3. The summed E-state index contributed by atoms with van der Waals surface area (Å²) in [6.07, 6.45) is 0. The highest BCUT2D eigenvalue weighted by molar-refractivity contribution is 5.75. The Morgan fingerprint density at radius 1 is 1.18 bits per heavy atom. The fourth-order valence-corrected chi connectivity index (χ4v) is 1.78. The van der Waals surface area contributed by atoms with Gasteiger partial charge in [-0.25, -0.2) is 4.98 Å².